The van der Waals surface area contributed by atoms with Gasteiger partial charge in [0.15, 0.2) is 0 Å². The van der Waals surface area contributed by atoms with E-state index in [4.69, 9.17) is 0 Å². The molecule has 0 aliphatic heterocycles. The molecule has 2 rings (SSSR count). The standard InChI is InChI=1S/C15H9BrF4O/c16-12-3-4-13(18)11(15(12)20)7-10(21)5-8-1-2-9(17)6-14(8)19/h1-4,6H,5,7H2. The van der Waals surface area contributed by atoms with Crippen LogP contribution in [0.1, 0.15) is 11.1 Å². The van der Waals surface area contributed by atoms with Gasteiger partial charge in [0.25, 0.3) is 0 Å². The topological polar surface area (TPSA) is 17.1 Å². The van der Waals surface area contributed by atoms with E-state index in [-0.39, 0.29) is 22.0 Å². The first-order valence-electron chi connectivity index (χ1n) is 5.96. The predicted molar refractivity (Wildman–Crippen MR) is 72.8 cm³/mol. The zero-order valence-corrected chi connectivity index (χ0v) is 12.2. The fraction of sp³-hybridized carbons (Fsp3) is 0.133. The van der Waals surface area contributed by atoms with Gasteiger partial charge in [0.2, 0.25) is 0 Å². The zero-order valence-electron chi connectivity index (χ0n) is 10.6. The monoisotopic (exact) mass is 360 g/mol. The van der Waals surface area contributed by atoms with E-state index in [0.29, 0.717) is 6.07 Å². The van der Waals surface area contributed by atoms with Gasteiger partial charge in [0.1, 0.15) is 29.1 Å². The highest BCUT2D eigenvalue weighted by Crippen LogP contribution is 2.22. The van der Waals surface area contributed by atoms with E-state index >= 15 is 0 Å². The van der Waals surface area contributed by atoms with Crippen molar-refractivity contribution in [2.75, 3.05) is 0 Å². The highest BCUT2D eigenvalue weighted by Gasteiger charge is 2.17. The van der Waals surface area contributed by atoms with E-state index in [1.54, 1.807) is 0 Å². The average molecular weight is 361 g/mol. The first-order chi connectivity index (χ1) is 9.88. The second kappa shape index (κ2) is 6.39. The lowest BCUT2D eigenvalue weighted by atomic mass is 10.0. The summed E-state index contributed by atoms with van der Waals surface area (Å²) in [4.78, 5) is 11.8. The van der Waals surface area contributed by atoms with Crippen molar-refractivity contribution in [2.45, 2.75) is 12.8 Å². The molecule has 0 aromatic heterocycles. The van der Waals surface area contributed by atoms with Crippen LogP contribution in [0.2, 0.25) is 0 Å². The van der Waals surface area contributed by atoms with Gasteiger partial charge in [0, 0.05) is 24.5 Å². The maximum absolute atomic E-state index is 13.7. The minimum Gasteiger partial charge on any atom is -0.299 e. The van der Waals surface area contributed by atoms with Crippen LogP contribution in [0, 0.1) is 23.3 Å². The third-order valence-electron chi connectivity index (χ3n) is 2.92. The van der Waals surface area contributed by atoms with Gasteiger partial charge in [-0.1, -0.05) is 6.07 Å². The van der Waals surface area contributed by atoms with Gasteiger partial charge >= 0.3 is 0 Å². The predicted octanol–water partition coefficient (Wildman–Crippen LogP) is 4.36. The van der Waals surface area contributed by atoms with Gasteiger partial charge in [-0.2, -0.15) is 0 Å². The van der Waals surface area contributed by atoms with Crippen molar-refractivity contribution in [3.8, 4) is 0 Å². The largest absolute Gasteiger partial charge is 0.299 e. The van der Waals surface area contributed by atoms with Crippen LogP contribution in [0.4, 0.5) is 17.6 Å². The van der Waals surface area contributed by atoms with Crippen molar-refractivity contribution in [1.29, 1.82) is 0 Å². The summed E-state index contributed by atoms with van der Waals surface area (Å²) in [5.41, 5.74) is -0.394. The van der Waals surface area contributed by atoms with E-state index in [1.807, 2.05) is 0 Å². The van der Waals surface area contributed by atoms with Crippen LogP contribution in [-0.4, -0.2) is 5.78 Å². The molecule has 2 aromatic rings. The molecule has 6 heteroatoms. The van der Waals surface area contributed by atoms with Crippen LogP contribution in [0.25, 0.3) is 0 Å². The summed E-state index contributed by atoms with van der Waals surface area (Å²) >= 11 is 2.90. The molecular weight excluding hydrogens is 352 g/mol. The lowest BCUT2D eigenvalue weighted by Crippen LogP contribution is -2.11. The van der Waals surface area contributed by atoms with E-state index in [1.165, 1.54) is 6.07 Å². The van der Waals surface area contributed by atoms with Gasteiger partial charge in [0.05, 0.1) is 4.47 Å². The summed E-state index contributed by atoms with van der Waals surface area (Å²) in [7, 11) is 0. The fourth-order valence-corrected chi connectivity index (χ4v) is 2.24. The number of carbonyl (C=O) groups is 1. The molecule has 0 unspecified atom stereocenters. The number of Topliss-reactive ketones (excluding diaryl/α,β-unsaturated/α-hetero) is 1. The van der Waals surface area contributed by atoms with E-state index in [2.05, 4.69) is 15.9 Å². The molecule has 0 aliphatic rings. The Bertz CT molecular complexity index is 700. The summed E-state index contributed by atoms with van der Waals surface area (Å²) in [6.07, 6.45) is -0.870. The molecule has 0 saturated carbocycles. The lowest BCUT2D eigenvalue weighted by molar-refractivity contribution is -0.117. The zero-order chi connectivity index (χ0) is 15.6. The van der Waals surface area contributed by atoms with E-state index in [0.717, 1.165) is 18.2 Å². The average Bonchev–Trinajstić information content (AvgIpc) is 2.42. The Kier molecular flexibility index (Phi) is 4.77. The molecular formula is C15H9BrF4O. The van der Waals surface area contributed by atoms with Crippen molar-refractivity contribution < 1.29 is 22.4 Å². The lowest BCUT2D eigenvalue weighted by Gasteiger charge is -2.07. The minimum absolute atomic E-state index is 0.0165. The molecule has 1 nitrogen and oxygen atoms in total. The summed E-state index contributed by atoms with van der Waals surface area (Å²) in [6, 6.07) is 5.04. The number of hydrogen-bond acceptors (Lipinski definition) is 1. The highest BCUT2D eigenvalue weighted by molar-refractivity contribution is 9.10. The van der Waals surface area contributed by atoms with Crippen molar-refractivity contribution in [3.05, 3.63) is 69.2 Å². The van der Waals surface area contributed by atoms with Crippen molar-refractivity contribution in [3.63, 3.8) is 0 Å². The van der Waals surface area contributed by atoms with E-state index in [9.17, 15) is 22.4 Å². The molecule has 0 aliphatic carbocycles. The van der Waals surface area contributed by atoms with Gasteiger partial charge in [-0.15, -0.1) is 0 Å². The number of carbonyl (C=O) groups excluding carboxylic acids is 1. The van der Waals surface area contributed by atoms with Crippen LogP contribution in [0.5, 0.6) is 0 Å². The van der Waals surface area contributed by atoms with Crippen LogP contribution in [0.15, 0.2) is 34.8 Å². The second-order valence-electron chi connectivity index (χ2n) is 4.45. The maximum atomic E-state index is 13.7. The summed E-state index contributed by atoms with van der Waals surface area (Å²) in [5, 5.41) is 0. The van der Waals surface area contributed by atoms with Crippen molar-refractivity contribution >= 4 is 21.7 Å². The molecule has 0 saturated heterocycles. The van der Waals surface area contributed by atoms with Crippen LogP contribution < -0.4 is 0 Å². The maximum Gasteiger partial charge on any atom is 0.143 e. The molecule has 0 bridgehead atoms. The molecule has 0 fully saturated rings. The molecule has 0 radical (unpaired) electrons. The number of rotatable bonds is 4. The Morgan fingerprint density at radius 2 is 1.67 bits per heavy atom. The van der Waals surface area contributed by atoms with Crippen molar-refractivity contribution in [2.24, 2.45) is 0 Å². The summed E-state index contributed by atoms with van der Waals surface area (Å²) < 4.78 is 53.5. The Hall–Kier alpha value is -1.69. The van der Waals surface area contributed by atoms with Gasteiger partial charge < -0.3 is 0 Å². The highest BCUT2D eigenvalue weighted by atomic mass is 79.9. The first-order valence-corrected chi connectivity index (χ1v) is 6.75. The van der Waals surface area contributed by atoms with Crippen molar-refractivity contribution in [1.82, 2.24) is 0 Å². The first kappa shape index (κ1) is 15.7. The quantitative estimate of drug-likeness (QED) is 0.584. The van der Waals surface area contributed by atoms with Crippen LogP contribution >= 0.6 is 15.9 Å². The molecule has 0 N–H and O–H groups in total. The molecule has 2 aromatic carbocycles. The van der Waals surface area contributed by atoms with Gasteiger partial charge in [-0.3, -0.25) is 4.79 Å². The smallest absolute Gasteiger partial charge is 0.143 e. The second-order valence-corrected chi connectivity index (χ2v) is 5.30. The van der Waals surface area contributed by atoms with Crippen LogP contribution in [-0.2, 0) is 17.6 Å². The number of hydrogen-bond donors (Lipinski definition) is 0. The molecule has 0 atom stereocenters. The molecule has 0 spiro atoms. The Labute approximate surface area is 126 Å². The Morgan fingerprint density at radius 1 is 0.952 bits per heavy atom. The number of halogens is 5. The third kappa shape index (κ3) is 3.69. The van der Waals surface area contributed by atoms with Gasteiger partial charge in [-0.05, 0) is 39.7 Å². The molecule has 0 heterocycles. The normalized spacial score (nSPS) is 10.7. The Balaban J connectivity index is 2.17. The molecule has 21 heavy (non-hydrogen) atoms. The number of ketones is 1. The Morgan fingerprint density at radius 3 is 2.33 bits per heavy atom. The number of benzene rings is 2. The van der Waals surface area contributed by atoms with Crippen LogP contribution in [0.3, 0.4) is 0 Å². The SMILES string of the molecule is O=C(Cc1ccc(F)cc1F)Cc1c(F)ccc(Br)c1F. The molecule has 0 amide bonds. The summed E-state index contributed by atoms with van der Waals surface area (Å²) in [5.74, 6) is -3.89. The fourth-order valence-electron chi connectivity index (χ4n) is 1.87. The summed E-state index contributed by atoms with van der Waals surface area (Å²) in [6.45, 7) is 0. The molecule has 110 valence electrons. The minimum atomic E-state index is -0.862. The van der Waals surface area contributed by atoms with Gasteiger partial charge in [-0.25, -0.2) is 17.6 Å². The third-order valence-corrected chi connectivity index (χ3v) is 3.53. The van der Waals surface area contributed by atoms with E-state index < -0.39 is 35.5 Å².